The van der Waals surface area contributed by atoms with Gasteiger partial charge in [0.25, 0.3) is 5.91 Å². The smallest absolute Gasteiger partial charge is 0.290 e. The van der Waals surface area contributed by atoms with Gasteiger partial charge in [-0.2, -0.15) is 0 Å². The van der Waals surface area contributed by atoms with Crippen LogP contribution in [0, 0.1) is 6.92 Å². The van der Waals surface area contributed by atoms with Gasteiger partial charge >= 0.3 is 0 Å². The number of nitrogens with zero attached hydrogens (tertiary/aromatic N) is 3. The first-order valence-electron chi connectivity index (χ1n) is 9.51. The van der Waals surface area contributed by atoms with Crippen molar-refractivity contribution in [2.24, 2.45) is 0 Å². The van der Waals surface area contributed by atoms with Crippen LogP contribution in [0.25, 0.3) is 11.0 Å². The molecule has 0 saturated heterocycles. The number of aromatic nitrogens is 1. The van der Waals surface area contributed by atoms with Gasteiger partial charge in [0.15, 0.2) is 5.43 Å². The van der Waals surface area contributed by atoms with Crippen molar-refractivity contribution in [2.45, 2.75) is 19.4 Å². The Balaban J connectivity index is 1.89. The quantitative estimate of drug-likeness (QED) is 0.641. The molecular formula is C22H22ClN3O3. The Morgan fingerprint density at radius 2 is 2.07 bits per heavy atom. The number of pyridine rings is 1. The van der Waals surface area contributed by atoms with E-state index < -0.39 is 6.04 Å². The number of hydrogen-bond donors (Lipinski definition) is 0. The van der Waals surface area contributed by atoms with Crippen LogP contribution in [0.3, 0.4) is 0 Å². The van der Waals surface area contributed by atoms with Crippen LogP contribution in [-0.4, -0.2) is 47.9 Å². The van der Waals surface area contributed by atoms with Gasteiger partial charge in [-0.1, -0.05) is 17.7 Å². The third kappa shape index (κ3) is 3.43. The predicted molar refractivity (Wildman–Crippen MR) is 113 cm³/mol. The molecular weight excluding hydrogens is 390 g/mol. The highest BCUT2D eigenvalue weighted by atomic mass is 35.5. The topological polar surface area (TPSA) is 66.7 Å². The van der Waals surface area contributed by atoms with Gasteiger partial charge in [0.2, 0.25) is 5.76 Å². The maximum Gasteiger partial charge on any atom is 0.290 e. The van der Waals surface area contributed by atoms with E-state index in [4.69, 9.17) is 16.0 Å². The first kappa shape index (κ1) is 19.6. The maximum atomic E-state index is 13.4. The number of carbonyl (C=O) groups is 1. The number of rotatable bonds is 5. The number of carbonyl (C=O) groups excluding carboxylic acids is 1. The van der Waals surface area contributed by atoms with Gasteiger partial charge in [0.05, 0.1) is 17.0 Å². The molecule has 0 aliphatic carbocycles. The second-order valence-electron chi connectivity index (χ2n) is 7.62. The summed E-state index contributed by atoms with van der Waals surface area (Å²) < 4.78 is 5.96. The Labute approximate surface area is 173 Å². The lowest BCUT2D eigenvalue weighted by molar-refractivity contribution is 0.0722. The summed E-state index contributed by atoms with van der Waals surface area (Å²) in [5.74, 6) is -0.151. The average molecular weight is 412 g/mol. The number of halogens is 1. The second kappa shape index (κ2) is 7.61. The van der Waals surface area contributed by atoms with Crippen molar-refractivity contribution in [3.05, 3.63) is 74.4 Å². The van der Waals surface area contributed by atoms with Crippen LogP contribution >= 0.6 is 11.6 Å². The van der Waals surface area contributed by atoms with Crippen molar-refractivity contribution < 1.29 is 9.21 Å². The van der Waals surface area contributed by atoms with Gasteiger partial charge < -0.3 is 14.2 Å². The van der Waals surface area contributed by atoms with Crippen molar-refractivity contribution in [1.29, 1.82) is 0 Å². The minimum Gasteiger partial charge on any atom is -0.450 e. The number of aryl methyl sites for hydroxylation is 1. The predicted octanol–water partition coefficient (Wildman–Crippen LogP) is 3.65. The van der Waals surface area contributed by atoms with Crippen molar-refractivity contribution in [1.82, 2.24) is 14.8 Å². The summed E-state index contributed by atoms with van der Waals surface area (Å²) in [6.07, 6.45) is 4.14. The second-order valence-corrected chi connectivity index (χ2v) is 8.02. The van der Waals surface area contributed by atoms with Crippen LogP contribution < -0.4 is 5.43 Å². The standard InChI is InChI=1S/C22H22ClN3O3/c1-13-10-17-15(11-16(13)23)20(27)18-19(14-6-4-7-24-12-14)26(9-5-8-25(2)3)22(28)21(18)29-17/h4,6-7,10-12,19H,5,8-9H2,1-3H3/t19-/m1/s1. The van der Waals surface area contributed by atoms with E-state index in [2.05, 4.69) is 9.88 Å². The Bertz CT molecular complexity index is 1140. The van der Waals surface area contributed by atoms with E-state index in [1.54, 1.807) is 35.5 Å². The average Bonchev–Trinajstić information content (AvgIpc) is 2.97. The molecule has 2 aromatic heterocycles. The van der Waals surface area contributed by atoms with E-state index in [9.17, 15) is 9.59 Å². The van der Waals surface area contributed by atoms with Crippen LogP contribution in [0.1, 0.15) is 39.7 Å². The van der Waals surface area contributed by atoms with Gasteiger partial charge in [-0.05, 0) is 63.3 Å². The molecule has 6 nitrogen and oxygen atoms in total. The van der Waals surface area contributed by atoms with Gasteiger partial charge in [-0.3, -0.25) is 14.6 Å². The first-order valence-corrected chi connectivity index (χ1v) is 9.88. The zero-order chi connectivity index (χ0) is 20.7. The highest BCUT2D eigenvalue weighted by Gasteiger charge is 2.42. The van der Waals surface area contributed by atoms with E-state index in [0.29, 0.717) is 28.1 Å². The number of hydrogen-bond acceptors (Lipinski definition) is 5. The monoisotopic (exact) mass is 411 g/mol. The van der Waals surface area contributed by atoms with Crippen LogP contribution in [0.2, 0.25) is 5.02 Å². The molecule has 1 amide bonds. The highest BCUT2D eigenvalue weighted by molar-refractivity contribution is 6.32. The summed E-state index contributed by atoms with van der Waals surface area (Å²) in [5.41, 5.74) is 2.10. The van der Waals surface area contributed by atoms with E-state index in [1.807, 2.05) is 27.1 Å². The zero-order valence-electron chi connectivity index (χ0n) is 16.6. The first-order chi connectivity index (χ1) is 13.9. The van der Waals surface area contributed by atoms with Crippen molar-refractivity contribution >= 4 is 28.5 Å². The maximum absolute atomic E-state index is 13.4. The van der Waals surface area contributed by atoms with Crippen LogP contribution in [0.15, 0.2) is 45.9 Å². The Morgan fingerprint density at radius 1 is 1.28 bits per heavy atom. The van der Waals surface area contributed by atoms with Crippen LogP contribution in [-0.2, 0) is 0 Å². The lowest BCUT2D eigenvalue weighted by Crippen LogP contribution is -2.32. The molecule has 29 heavy (non-hydrogen) atoms. The fourth-order valence-electron chi connectivity index (χ4n) is 3.81. The molecule has 3 aromatic rings. The van der Waals surface area contributed by atoms with Gasteiger partial charge in [-0.25, -0.2) is 0 Å². The molecule has 0 N–H and O–H groups in total. The number of amides is 1. The highest BCUT2D eigenvalue weighted by Crippen LogP contribution is 2.38. The van der Waals surface area contributed by atoms with Crippen molar-refractivity contribution in [2.75, 3.05) is 27.2 Å². The van der Waals surface area contributed by atoms with E-state index in [0.717, 1.165) is 24.1 Å². The van der Waals surface area contributed by atoms with Gasteiger partial charge in [0, 0.05) is 24.0 Å². The Hall–Kier alpha value is -2.70. The summed E-state index contributed by atoms with van der Waals surface area (Å²) in [4.78, 5) is 34.6. The van der Waals surface area contributed by atoms with Crippen LogP contribution in [0.5, 0.6) is 0 Å². The molecule has 1 aliphatic rings. The number of fused-ring (bicyclic) bond motifs is 2. The third-order valence-corrected chi connectivity index (χ3v) is 5.66. The Morgan fingerprint density at radius 3 is 2.76 bits per heavy atom. The normalized spacial score (nSPS) is 16.1. The summed E-state index contributed by atoms with van der Waals surface area (Å²) in [7, 11) is 3.98. The molecule has 0 fully saturated rings. The Kier molecular flexibility index (Phi) is 5.15. The van der Waals surface area contributed by atoms with E-state index >= 15 is 0 Å². The molecule has 7 heteroatoms. The fourth-order valence-corrected chi connectivity index (χ4v) is 3.98. The molecule has 1 atom stereocenters. The van der Waals surface area contributed by atoms with E-state index in [1.165, 1.54) is 0 Å². The minimum absolute atomic E-state index is 0.114. The van der Waals surface area contributed by atoms with E-state index in [-0.39, 0.29) is 17.1 Å². The SMILES string of the molecule is Cc1cc2oc3c(c(=O)c2cc1Cl)[C@@H](c1cccnc1)N(CCCN(C)C)C3=O. The zero-order valence-corrected chi connectivity index (χ0v) is 17.4. The molecule has 0 unspecified atom stereocenters. The van der Waals surface area contributed by atoms with Crippen LogP contribution in [0.4, 0.5) is 0 Å². The molecule has 4 rings (SSSR count). The molecule has 1 aromatic carbocycles. The fraction of sp³-hybridized carbons (Fsp3) is 0.318. The lowest BCUT2D eigenvalue weighted by atomic mass is 9.99. The number of benzene rings is 1. The lowest BCUT2D eigenvalue weighted by Gasteiger charge is -2.25. The molecule has 3 heterocycles. The molecule has 0 spiro atoms. The third-order valence-electron chi connectivity index (χ3n) is 5.25. The summed E-state index contributed by atoms with van der Waals surface area (Å²) in [6.45, 7) is 3.18. The molecule has 0 radical (unpaired) electrons. The van der Waals surface area contributed by atoms with Gasteiger partial charge in [0.1, 0.15) is 5.58 Å². The van der Waals surface area contributed by atoms with Gasteiger partial charge in [-0.15, -0.1) is 0 Å². The summed E-state index contributed by atoms with van der Waals surface area (Å²) in [6, 6.07) is 6.50. The molecule has 0 bridgehead atoms. The summed E-state index contributed by atoms with van der Waals surface area (Å²) >= 11 is 6.25. The molecule has 1 aliphatic heterocycles. The van der Waals surface area contributed by atoms with Crippen molar-refractivity contribution in [3.63, 3.8) is 0 Å². The largest absolute Gasteiger partial charge is 0.450 e. The van der Waals surface area contributed by atoms with Crippen molar-refractivity contribution in [3.8, 4) is 0 Å². The minimum atomic E-state index is -0.519. The molecule has 0 saturated carbocycles. The summed E-state index contributed by atoms with van der Waals surface area (Å²) in [5, 5.41) is 0.881. The molecule has 150 valence electrons.